The molecule has 92 valence electrons. The Balaban J connectivity index is 2.41. The number of piperidine rings is 1. The Kier molecular flexibility index (Phi) is 3.33. The van der Waals surface area contributed by atoms with E-state index in [1.807, 2.05) is 13.0 Å². The third-order valence-corrected chi connectivity index (χ3v) is 3.20. The van der Waals surface area contributed by atoms with Crippen molar-refractivity contribution >= 4 is 5.97 Å². The van der Waals surface area contributed by atoms with Crippen LogP contribution < -0.4 is 5.32 Å². The highest BCUT2D eigenvalue weighted by Crippen LogP contribution is 2.33. The van der Waals surface area contributed by atoms with Gasteiger partial charge >= 0.3 is 5.97 Å². The normalized spacial score (nSPS) is 20.2. The maximum atomic E-state index is 11.0. The van der Waals surface area contributed by atoms with Gasteiger partial charge in [-0.3, -0.25) is 0 Å². The summed E-state index contributed by atoms with van der Waals surface area (Å²) < 4.78 is 0. The van der Waals surface area contributed by atoms with Gasteiger partial charge in [0.05, 0.1) is 0 Å². The van der Waals surface area contributed by atoms with Gasteiger partial charge in [-0.2, -0.15) is 0 Å². The molecular formula is C13H17NO3. The fourth-order valence-electron chi connectivity index (χ4n) is 2.35. The highest BCUT2D eigenvalue weighted by atomic mass is 16.4. The molecular weight excluding hydrogens is 218 g/mol. The Morgan fingerprint density at radius 2 is 2.18 bits per heavy atom. The molecule has 0 saturated carbocycles. The summed E-state index contributed by atoms with van der Waals surface area (Å²) >= 11 is 0. The molecule has 4 heteroatoms. The van der Waals surface area contributed by atoms with Gasteiger partial charge in [0.25, 0.3) is 0 Å². The Morgan fingerprint density at radius 3 is 2.76 bits per heavy atom. The lowest BCUT2D eigenvalue weighted by molar-refractivity contribution is 0.0693. The molecule has 0 radical (unpaired) electrons. The quantitative estimate of drug-likeness (QED) is 0.735. The number of carbonyl (C=O) groups is 1. The number of phenols is 1. The number of hydrogen-bond donors (Lipinski definition) is 3. The Hall–Kier alpha value is -1.55. The SMILES string of the molecule is Cc1cc(C(=O)O)c(O)c([C@@H]2CCCCN2)c1. The van der Waals surface area contributed by atoms with Crippen LogP contribution >= 0.6 is 0 Å². The van der Waals surface area contributed by atoms with Crippen molar-refractivity contribution in [2.24, 2.45) is 0 Å². The predicted molar refractivity (Wildman–Crippen MR) is 64.4 cm³/mol. The second-order valence-electron chi connectivity index (χ2n) is 4.56. The zero-order valence-corrected chi connectivity index (χ0v) is 9.86. The molecule has 0 amide bonds. The van der Waals surface area contributed by atoms with E-state index in [1.165, 1.54) is 6.07 Å². The molecule has 0 spiro atoms. The number of benzene rings is 1. The van der Waals surface area contributed by atoms with Crippen molar-refractivity contribution < 1.29 is 15.0 Å². The van der Waals surface area contributed by atoms with Crippen molar-refractivity contribution in [2.45, 2.75) is 32.2 Å². The van der Waals surface area contributed by atoms with E-state index in [9.17, 15) is 9.90 Å². The molecule has 1 aromatic rings. The summed E-state index contributed by atoms with van der Waals surface area (Å²) in [5.74, 6) is -1.18. The molecule has 1 saturated heterocycles. The monoisotopic (exact) mass is 235 g/mol. The lowest BCUT2D eigenvalue weighted by Gasteiger charge is -2.25. The molecule has 1 fully saturated rings. The maximum Gasteiger partial charge on any atom is 0.339 e. The zero-order chi connectivity index (χ0) is 12.4. The smallest absolute Gasteiger partial charge is 0.339 e. The molecule has 17 heavy (non-hydrogen) atoms. The molecule has 0 bridgehead atoms. The summed E-state index contributed by atoms with van der Waals surface area (Å²) in [5, 5.41) is 22.4. The first-order valence-electron chi connectivity index (χ1n) is 5.90. The summed E-state index contributed by atoms with van der Waals surface area (Å²) in [7, 11) is 0. The summed E-state index contributed by atoms with van der Waals surface area (Å²) in [6.07, 6.45) is 3.18. The number of carboxylic acid groups (broad SMARTS) is 1. The molecule has 0 unspecified atom stereocenters. The van der Waals surface area contributed by atoms with E-state index < -0.39 is 5.97 Å². The van der Waals surface area contributed by atoms with Crippen molar-refractivity contribution in [3.05, 3.63) is 28.8 Å². The summed E-state index contributed by atoms with van der Waals surface area (Å²) in [6, 6.07) is 3.44. The van der Waals surface area contributed by atoms with Crippen LogP contribution in [-0.4, -0.2) is 22.7 Å². The summed E-state index contributed by atoms with van der Waals surface area (Å²) in [4.78, 5) is 11.0. The third-order valence-electron chi connectivity index (χ3n) is 3.20. The van der Waals surface area contributed by atoms with E-state index in [2.05, 4.69) is 5.32 Å². The van der Waals surface area contributed by atoms with E-state index >= 15 is 0 Å². The summed E-state index contributed by atoms with van der Waals surface area (Å²) in [5.41, 5.74) is 1.57. The van der Waals surface area contributed by atoms with Crippen molar-refractivity contribution in [1.82, 2.24) is 5.32 Å². The number of aromatic carboxylic acids is 1. The Morgan fingerprint density at radius 1 is 1.41 bits per heavy atom. The Bertz CT molecular complexity index is 437. The van der Waals surface area contributed by atoms with Crippen LogP contribution in [0, 0.1) is 6.92 Å². The van der Waals surface area contributed by atoms with Gasteiger partial charge < -0.3 is 15.5 Å². The lowest BCUT2D eigenvalue weighted by atomic mass is 9.93. The van der Waals surface area contributed by atoms with Gasteiger partial charge in [0, 0.05) is 11.6 Å². The van der Waals surface area contributed by atoms with Gasteiger partial charge in [-0.1, -0.05) is 12.5 Å². The van der Waals surface area contributed by atoms with Crippen LogP contribution in [0.2, 0.25) is 0 Å². The molecule has 0 aliphatic carbocycles. The predicted octanol–water partition coefficient (Wildman–Crippen LogP) is 2.21. The standard InChI is InChI=1S/C13H17NO3/c1-8-6-9(11-4-2-3-5-14-11)12(15)10(7-8)13(16)17/h6-7,11,14-15H,2-5H2,1H3,(H,16,17)/t11-/m0/s1. The van der Waals surface area contributed by atoms with Crippen LogP contribution in [0.4, 0.5) is 0 Å². The molecule has 0 aromatic heterocycles. The molecule has 1 heterocycles. The summed E-state index contributed by atoms with van der Waals surface area (Å²) in [6.45, 7) is 2.76. The fourth-order valence-corrected chi connectivity index (χ4v) is 2.35. The zero-order valence-electron chi connectivity index (χ0n) is 9.86. The van der Waals surface area contributed by atoms with Crippen LogP contribution in [0.5, 0.6) is 5.75 Å². The van der Waals surface area contributed by atoms with Crippen molar-refractivity contribution in [3.63, 3.8) is 0 Å². The fraction of sp³-hybridized carbons (Fsp3) is 0.462. The van der Waals surface area contributed by atoms with Crippen molar-refractivity contribution in [3.8, 4) is 5.75 Å². The van der Waals surface area contributed by atoms with Crippen molar-refractivity contribution in [1.29, 1.82) is 0 Å². The topological polar surface area (TPSA) is 69.6 Å². The average molecular weight is 235 g/mol. The van der Waals surface area contributed by atoms with Crippen LogP contribution in [0.25, 0.3) is 0 Å². The van der Waals surface area contributed by atoms with E-state index in [0.29, 0.717) is 5.56 Å². The van der Waals surface area contributed by atoms with Gasteiger partial charge in [0.1, 0.15) is 11.3 Å². The molecule has 4 nitrogen and oxygen atoms in total. The number of carboxylic acids is 1. The minimum atomic E-state index is -1.08. The van der Waals surface area contributed by atoms with Crippen LogP contribution in [0.3, 0.4) is 0 Å². The molecule has 3 N–H and O–H groups in total. The van der Waals surface area contributed by atoms with Gasteiger partial charge in [-0.25, -0.2) is 4.79 Å². The van der Waals surface area contributed by atoms with E-state index in [0.717, 1.165) is 31.4 Å². The van der Waals surface area contributed by atoms with Crippen LogP contribution in [0.1, 0.15) is 46.8 Å². The van der Waals surface area contributed by atoms with Gasteiger partial charge in [-0.05, 0) is 37.9 Å². The number of hydrogen-bond acceptors (Lipinski definition) is 3. The van der Waals surface area contributed by atoms with E-state index in [1.54, 1.807) is 0 Å². The second kappa shape index (κ2) is 4.75. The number of aryl methyl sites for hydroxylation is 1. The van der Waals surface area contributed by atoms with Gasteiger partial charge in [0.15, 0.2) is 0 Å². The Labute approximate surface area is 100 Å². The molecule has 2 rings (SSSR count). The first-order valence-corrected chi connectivity index (χ1v) is 5.90. The first-order chi connectivity index (χ1) is 8.09. The maximum absolute atomic E-state index is 11.0. The first kappa shape index (κ1) is 11.9. The number of nitrogens with one attached hydrogen (secondary N) is 1. The minimum absolute atomic E-state index is 0.00706. The molecule has 1 atom stereocenters. The highest BCUT2D eigenvalue weighted by Gasteiger charge is 2.22. The highest BCUT2D eigenvalue weighted by molar-refractivity contribution is 5.91. The number of rotatable bonds is 2. The second-order valence-corrected chi connectivity index (χ2v) is 4.56. The third kappa shape index (κ3) is 2.42. The lowest BCUT2D eigenvalue weighted by Crippen LogP contribution is -2.27. The average Bonchev–Trinajstić information content (AvgIpc) is 2.32. The molecule has 1 aliphatic rings. The number of aromatic hydroxyl groups is 1. The van der Waals surface area contributed by atoms with Crippen molar-refractivity contribution in [2.75, 3.05) is 6.54 Å². The van der Waals surface area contributed by atoms with E-state index in [-0.39, 0.29) is 17.4 Å². The van der Waals surface area contributed by atoms with E-state index in [4.69, 9.17) is 5.11 Å². The molecule has 1 aliphatic heterocycles. The molecule has 1 aromatic carbocycles. The van der Waals surface area contributed by atoms with Gasteiger partial charge in [0.2, 0.25) is 0 Å². The van der Waals surface area contributed by atoms with Crippen LogP contribution in [0.15, 0.2) is 12.1 Å². The minimum Gasteiger partial charge on any atom is -0.507 e. The van der Waals surface area contributed by atoms with Crippen LogP contribution in [-0.2, 0) is 0 Å². The largest absolute Gasteiger partial charge is 0.507 e. The van der Waals surface area contributed by atoms with Gasteiger partial charge in [-0.15, -0.1) is 0 Å².